The molecule has 2 aromatic rings. The molecule has 1 aliphatic rings. The second-order valence-electron chi connectivity index (χ2n) is 4.81. The Bertz CT molecular complexity index is 652. The van der Waals surface area contributed by atoms with Gasteiger partial charge in [0.2, 0.25) is 5.91 Å². The van der Waals surface area contributed by atoms with Gasteiger partial charge in [0.25, 0.3) is 5.91 Å². The summed E-state index contributed by atoms with van der Waals surface area (Å²) in [6.45, 7) is 1.20. The fourth-order valence-corrected chi connectivity index (χ4v) is 2.21. The van der Waals surface area contributed by atoms with Crippen LogP contribution in [0.5, 0.6) is 0 Å². The number of carbonyl (C=O) groups is 2. The van der Waals surface area contributed by atoms with Gasteiger partial charge in [-0.1, -0.05) is 23.4 Å². The Balaban J connectivity index is 1.79. The molecule has 0 unspecified atom stereocenters. The topological polar surface area (TPSA) is 80.1 Å². The van der Waals surface area contributed by atoms with Crippen LogP contribution in [0.3, 0.4) is 0 Å². The molecule has 2 heterocycles. The number of hydrogen-bond donors (Lipinski definition) is 1. The van der Waals surface area contributed by atoms with E-state index in [9.17, 15) is 9.59 Å². The molecule has 1 N–H and O–H groups in total. The first-order valence-corrected chi connectivity index (χ1v) is 6.78. The molecule has 108 valence electrons. The third-order valence-corrected chi connectivity index (χ3v) is 3.28. The Kier molecular flexibility index (Phi) is 3.63. The highest BCUT2D eigenvalue weighted by Gasteiger charge is 2.23. The maximum atomic E-state index is 12.4. The van der Waals surface area contributed by atoms with Crippen molar-refractivity contribution in [1.82, 2.24) is 25.2 Å². The van der Waals surface area contributed by atoms with E-state index in [1.807, 2.05) is 30.3 Å². The minimum Gasteiger partial charge on any atom is -0.354 e. The predicted octanol–water partition coefficient (Wildman–Crippen LogP) is 0.229. The van der Waals surface area contributed by atoms with Crippen LogP contribution in [-0.2, 0) is 4.79 Å². The van der Waals surface area contributed by atoms with Gasteiger partial charge in [0.1, 0.15) is 0 Å². The van der Waals surface area contributed by atoms with E-state index in [1.54, 1.807) is 10.9 Å². The van der Waals surface area contributed by atoms with E-state index in [1.165, 1.54) is 4.90 Å². The Morgan fingerprint density at radius 3 is 2.86 bits per heavy atom. The Morgan fingerprint density at radius 1 is 1.24 bits per heavy atom. The van der Waals surface area contributed by atoms with Gasteiger partial charge in [-0.05, 0) is 18.6 Å². The first-order valence-electron chi connectivity index (χ1n) is 6.78. The van der Waals surface area contributed by atoms with Crippen molar-refractivity contribution in [2.24, 2.45) is 0 Å². The molecule has 1 fully saturated rings. The smallest absolute Gasteiger partial charge is 0.276 e. The van der Waals surface area contributed by atoms with Crippen LogP contribution >= 0.6 is 0 Å². The first-order chi connectivity index (χ1) is 10.2. The molecule has 7 heteroatoms. The highest BCUT2D eigenvalue weighted by Crippen LogP contribution is 2.08. The van der Waals surface area contributed by atoms with Gasteiger partial charge in [-0.3, -0.25) is 9.59 Å². The summed E-state index contributed by atoms with van der Waals surface area (Å²) in [6, 6.07) is 9.43. The van der Waals surface area contributed by atoms with E-state index in [0.29, 0.717) is 13.1 Å². The molecule has 7 nitrogen and oxygen atoms in total. The summed E-state index contributed by atoms with van der Waals surface area (Å²) in [4.78, 5) is 25.4. The van der Waals surface area contributed by atoms with Crippen molar-refractivity contribution in [3.8, 4) is 5.69 Å². The van der Waals surface area contributed by atoms with Crippen LogP contribution in [0.1, 0.15) is 16.9 Å². The minimum atomic E-state index is -0.269. The number of rotatable bonds is 2. The molecule has 0 bridgehead atoms. The number of para-hydroxylation sites is 1. The Hall–Kier alpha value is -2.70. The summed E-state index contributed by atoms with van der Waals surface area (Å²) >= 11 is 0. The molecule has 1 aromatic heterocycles. The molecule has 2 amide bonds. The zero-order chi connectivity index (χ0) is 14.7. The number of nitrogens with zero attached hydrogens (tertiary/aromatic N) is 4. The SMILES string of the molecule is O=C1CN(C(=O)c2cn(-c3ccccc3)nn2)CCCN1. The summed E-state index contributed by atoms with van der Waals surface area (Å²) in [5.41, 5.74) is 1.08. The third kappa shape index (κ3) is 2.91. The number of benzene rings is 1. The maximum absolute atomic E-state index is 12.4. The summed E-state index contributed by atoms with van der Waals surface area (Å²) < 4.78 is 1.55. The quantitative estimate of drug-likeness (QED) is 0.856. The molecular weight excluding hydrogens is 270 g/mol. The summed E-state index contributed by atoms with van der Waals surface area (Å²) in [6.07, 6.45) is 2.32. The van der Waals surface area contributed by atoms with Gasteiger partial charge in [0.05, 0.1) is 18.4 Å². The molecule has 0 aliphatic carbocycles. The summed E-state index contributed by atoms with van der Waals surface area (Å²) in [7, 11) is 0. The molecule has 3 rings (SSSR count). The molecule has 0 spiro atoms. The second-order valence-corrected chi connectivity index (χ2v) is 4.81. The minimum absolute atomic E-state index is 0.0665. The van der Waals surface area contributed by atoms with Crippen LogP contribution < -0.4 is 5.32 Å². The Morgan fingerprint density at radius 2 is 2.05 bits per heavy atom. The zero-order valence-corrected chi connectivity index (χ0v) is 11.4. The van der Waals surface area contributed by atoms with Crippen molar-refractivity contribution < 1.29 is 9.59 Å². The van der Waals surface area contributed by atoms with Crippen molar-refractivity contribution >= 4 is 11.8 Å². The lowest BCUT2D eigenvalue weighted by atomic mass is 10.3. The fourth-order valence-electron chi connectivity index (χ4n) is 2.21. The number of carbonyl (C=O) groups excluding carboxylic acids is 2. The van der Waals surface area contributed by atoms with E-state index in [-0.39, 0.29) is 24.1 Å². The van der Waals surface area contributed by atoms with Crippen molar-refractivity contribution in [3.05, 3.63) is 42.2 Å². The second kappa shape index (κ2) is 5.74. The van der Waals surface area contributed by atoms with E-state index in [0.717, 1.165) is 12.1 Å². The highest BCUT2D eigenvalue weighted by molar-refractivity contribution is 5.94. The lowest BCUT2D eigenvalue weighted by Gasteiger charge is -2.16. The number of amides is 2. The van der Waals surface area contributed by atoms with Gasteiger partial charge < -0.3 is 10.2 Å². The molecule has 1 aliphatic heterocycles. The van der Waals surface area contributed by atoms with E-state index in [4.69, 9.17) is 0 Å². The molecule has 0 atom stereocenters. The van der Waals surface area contributed by atoms with E-state index >= 15 is 0 Å². The van der Waals surface area contributed by atoms with E-state index in [2.05, 4.69) is 15.6 Å². The van der Waals surface area contributed by atoms with Crippen LogP contribution in [0.25, 0.3) is 5.69 Å². The van der Waals surface area contributed by atoms with Gasteiger partial charge in [-0.15, -0.1) is 5.10 Å². The largest absolute Gasteiger partial charge is 0.354 e. The predicted molar refractivity (Wildman–Crippen MR) is 74.9 cm³/mol. The fraction of sp³-hybridized carbons (Fsp3) is 0.286. The number of hydrogen-bond acceptors (Lipinski definition) is 4. The van der Waals surface area contributed by atoms with Crippen molar-refractivity contribution in [2.45, 2.75) is 6.42 Å². The number of nitrogens with one attached hydrogen (secondary N) is 1. The highest BCUT2D eigenvalue weighted by atomic mass is 16.2. The van der Waals surface area contributed by atoms with Crippen molar-refractivity contribution in [2.75, 3.05) is 19.6 Å². The van der Waals surface area contributed by atoms with Gasteiger partial charge in [0, 0.05) is 13.1 Å². The summed E-state index contributed by atoms with van der Waals surface area (Å²) in [5.74, 6) is -0.412. The van der Waals surface area contributed by atoms with Gasteiger partial charge in [-0.2, -0.15) is 0 Å². The van der Waals surface area contributed by atoms with Crippen molar-refractivity contribution in [1.29, 1.82) is 0 Å². The lowest BCUT2D eigenvalue weighted by Crippen LogP contribution is -2.37. The molecule has 21 heavy (non-hydrogen) atoms. The molecule has 0 radical (unpaired) electrons. The summed E-state index contributed by atoms with van der Waals surface area (Å²) in [5, 5.41) is 10.6. The Labute approximate surface area is 121 Å². The molecule has 1 aromatic carbocycles. The van der Waals surface area contributed by atoms with E-state index < -0.39 is 0 Å². The molecule has 1 saturated heterocycles. The average molecular weight is 285 g/mol. The normalized spacial score (nSPS) is 15.4. The number of aromatic nitrogens is 3. The lowest BCUT2D eigenvalue weighted by molar-refractivity contribution is -0.121. The van der Waals surface area contributed by atoms with Crippen LogP contribution in [0.2, 0.25) is 0 Å². The standard InChI is InChI=1S/C14H15N5O2/c20-13-10-18(8-4-7-15-13)14(21)12-9-19(17-16-12)11-5-2-1-3-6-11/h1-3,5-6,9H,4,7-8,10H2,(H,15,20). The first kappa shape index (κ1) is 13.3. The van der Waals surface area contributed by atoms with Crippen LogP contribution in [0.4, 0.5) is 0 Å². The van der Waals surface area contributed by atoms with Gasteiger partial charge in [-0.25, -0.2) is 4.68 Å². The molecule has 0 saturated carbocycles. The monoisotopic (exact) mass is 285 g/mol. The van der Waals surface area contributed by atoms with Crippen LogP contribution in [0.15, 0.2) is 36.5 Å². The average Bonchev–Trinajstić information content (AvgIpc) is 2.90. The van der Waals surface area contributed by atoms with Crippen LogP contribution in [-0.4, -0.2) is 51.3 Å². The molecular formula is C14H15N5O2. The van der Waals surface area contributed by atoms with Crippen molar-refractivity contribution in [3.63, 3.8) is 0 Å². The van der Waals surface area contributed by atoms with Gasteiger partial charge in [0.15, 0.2) is 5.69 Å². The third-order valence-electron chi connectivity index (χ3n) is 3.28. The zero-order valence-electron chi connectivity index (χ0n) is 11.4. The van der Waals surface area contributed by atoms with Gasteiger partial charge >= 0.3 is 0 Å². The maximum Gasteiger partial charge on any atom is 0.276 e. The van der Waals surface area contributed by atoms with Crippen LogP contribution in [0, 0.1) is 0 Å².